The third-order valence-corrected chi connectivity index (χ3v) is 3.27. The zero-order valence-corrected chi connectivity index (χ0v) is 11.2. The third kappa shape index (κ3) is 3.43. The predicted molar refractivity (Wildman–Crippen MR) is 66.3 cm³/mol. The summed E-state index contributed by atoms with van der Waals surface area (Å²) >= 11 is 0. The van der Waals surface area contributed by atoms with Crippen LogP contribution in [0.2, 0.25) is 0 Å². The number of amides is 2. The number of hydrogen-bond acceptors (Lipinski definition) is 3. The number of hydrogen-bond donors (Lipinski definition) is 1. The van der Waals surface area contributed by atoms with Gasteiger partial charge < -0.3 is 15.5 Å². The summed E-state index contributed by atoms with van der Waals surface area (Å²) < 4.78 is 0. The van der Waals surface area contributed by atoms with Crippen molar-refractivity contribution in [2.24, 2.45) is 11.1 Å². The van der Waals surface area contributed by atoms with E-state index in [0.717, 1.165) is 0 Å². The first kappa shape index (κ1) is 14.0. The lowest BCUT2D eigenvalue weighted by Gasteiger charge is -2.37. The molecule has 0 aliphatic carbocycles. The molecule has 5 nitrogen and oxygen atoms in total. The summed E-state index contributed by atoms with van der Waals surface area (Å²) in [4.78, 5) is 26.7. The molecule has 0 aromatic rings. The molecule has 0 aromatic carbocycles. The number of piperazine rings is 1. The van der Waals surface area contributed by atoms with Crippen LogP contribution < -0.4 is 5.73 Å². The van der Waals surface area contributed by atoms with Crippen molar-refractivity contribution in [1.29, 1.82) is 0 Å². The Bertz CT molecular complexity index is 309. The number of nitrogens with zero attached hydrogens (tertiary/aromatic N) is 2. The van der Waals surface area contributed by atoms with Gasteiger partial charge >= 0.3 is 0 Å². The molecule has 0 saturated carbocycles. The van der Waals surface area contributed by atoms with Crippen LogP contribution in [0, 0.1) is 5.41 Å². The Morgan fingerprint density at radius 3 is 2.12 bits per heavy atom. The fraction of sp³-hybridized carbons (Fsp3) is 0.833. The van der Waals surface area contributed by atoms with E-state index in [9.17, 15) is 9.59 Å². The summed E-state index contributed by atoms with van der Waals surface area (Å²) in [5, 5.41) is 0. The molecule has 0 radical (unpaired) electrons. The van der Waals surface area contributed by atoms with Crippen molar-refractivity contribution in [2.75, 3.05) is 26.2 Å². The Kier molecular flexibility index (Phi) is 4.14. The molecule has 0 bridgehead atoms. The molecule has 1 atom stereocenters. The van der Waals surface area contributed by atoms with E-state index in [1.807, 2.05) is 27.7 Å². The van der Waals surface area contributed by atoms with Gasteiger partial charge in [-0.2, -0.15) is 0 Å². The Balaban J connectivity index is 2.62. The summed E-state index contributed by atoms with van der Waals surface area (Å²) in [6.07, 6.45) is 0. The van der Waals surface area contributed by atoms with Crippen LogP contribution in [0.1, 0.15) is 27.7 Å². The molecule has 1 aliphatic rings. The van der Waals surface area contributed by atoms with Crippen molar-refractivity contribution < 1.29 is 9.59 Å². The van der Waals surface area contributed by atoms with Crippen LogP contribution >= 0.6 is 0 Å². The van der Waals surface area contributed by atoms with Gasteiger partial charge in [-0.25, -0.2) is 0 Å². The largest absolute Gasteiger partial charge is 0.332 e. The van der Waals surface area contributed by atoms with Gasteiger partial charge in [0.2, 0.25) is 11.8 Å². The third-order valence-electron chi connectivity index (χ3n) is 3.27. The lowest BCUT2D eigenvalue weighted by atomic mass is 9.87. The second-order valence-corrected chi connectivity index (χ2v) is 5.65. The van der Waals surface area contributed by atoms with Crippen molar-refractivity contribution in [3.05, 3.63) is 0 Å². The molecule has 2 N–H and O–H groups in total. The minimum atomic E-state index is -0.118. The highest BCUT2D eigenvalue weighted by molar-refractivity contribution is 5.92. The molecule has 1 aliphatic heterocycles. The van der Waals surface area contributed by atoms with E-state index in [2.05, 4.69) is 0 Å². The molecular weight excluding hydrogens is 218 g/mol. The van der Waals surface area contributed by atoms with Gasteiger partial charge in [-0.15, -0.1) is 0 Å². The first-order chi connectivity index (χ1) is 7.75. The zero-order chi connectivity index (χ0) is 13.2. The van der Waals surface area contributed by atoms with E-state index in [0.29, 0.717) is 13.1 Å². The van der Waals surface area contributed by atoms with E-state index in [4.69, 9.17) is 5.73 Å². The monoisotopic (exact) mass is 241 g/mol. The quantitative estimate of drug-likeness (QED) is 0.759. The topological polar surface area (TPSA) is 66.6 Å². The summed E-state index contributed by atoms with van der Waals surface area (Å²) in [5.74, 6) is -0.000593. The van der Waals surface area contributed by atoms with Crippen LogP contribution in [0.5, 0.6) is 0 Å². The van der Waals surface area contributed by atoms with Crippen molar-refractivity contribution in [3.63, 3.8) is 0 Å². The van der Waals surface area contributed by atoms with Crippen LogP contribution in [0.4, 0.5) is 0 Å². The van der Waals surface area contributed by atoms with Gasteiger partial charge in [-0.3, -0.25) is 9.59 Å². The van der Waals surface area contributed by atoms with E-state index in [1.54, 1.807) is 9.80 Å². The lowest BCUT2D eigenvalue weighted by Crippen LogP contribution is -2.57. The number of nitrogens with two attached hydrogens (primary N) is 1. The number of likely N-dealkylation sites (N-methyl/N-ethyl adjacent to an activating group) is 1. The number of carbonyl (C=O) groups excluding carboxylic acids is 2. The molecule has 0 aromatic heterocycles. The second-order valence-electron chi connectivity index (χ2n) is 5.65. The first-order valence-electron chi connectivity index (χ1n) is 6.06. The maximum atomic E-state index is 11.8. The Hall–Kier alpha value is -1.10. The molecule has 1 heterocycles. The molecule has 1 unspecified atom stereocenters. The summed E-state index contributed by atoms with van der Waals surface area (Å²) in [5.41, 5.74) is 5.97. The zero-order valence-electron chi connectivity index (χ0n) is 11.2. The van der Waals surface area contributed by atoms with Gasteiger partial charge in [0.15, 0.2) is 0 Å². The van der Waals surface area contributed by atoms with Crippen molar-refractivity contribution in [3.8, 4) is 0 Å². The van der Waals surface area contributed by atoms with Gasteiger partial charge in [-0.1, -0.05) is 20.8 Å². The molecule has 98 valence electrons. The maximum absolute atomic E-state index is 11.8. The lowest BCUT2D eigenvalue weighted by molar-refractivity contribution is -0.150. The van der Waals surface area contributed by atoms with Crippen LogP contribution in [-0.2, 0) is 9.59 Å². The van der Waals surface area contributed by atoms with Gasteiger partial charge in [0.05, 0.1) is 13.1 Å². The van der Waals surface area contributed by atoms with Crippen molar-refractivity contribution in [1.82, 2.24) is 9.80 Å². The molecular formula is C12H23N3O2. The van der Waals surface area contributed by atoms with E-state index >= 15 is 0 Å². The smallest absolute Gasteiger partial charge is 0.242 e. The van der Waals surface area contributed by atoms with Crippen molar-refractivity contribution >= 4 is 11.8 Å². The van der Waals surface area contributed by atoms with Crippen LogP contribution in [0.3, 0.4) is 0 Å². The Morgan fingerprint density at radius 1 is 1.18 bits per heavy atom. The van der Waals surface area contributed by atoms with E-state index in [1.165, 1.54) is 0 Å². The van der Waals surface area contributed by atoms with Gasteiger partial charge in [0.1, 0.15) is 0 Å². The van der Waals surface area contributed by atoms with Crippen LogP contribution in [0.25, 0.3) is 0 Å². The fourth-order valence-corrected chi connectivity index (χ4v) is 1.67. The first-order valence-corrected chi connectivity index (χ1v) is 6.06. The van der Waals surface area contributed by atoms with Crippen LogP contribution in [-0.4, -0.2) is 53.8 Å². The Morgan fingerprint density at radius 2 is 1.65 bits per heavy atom. The minimum Gasteiger partial charge on any atom is -0.332 e. The average Bonchev–Trinajstić information content (AvgIpc) is 2.21. The maximum Gasteiger partial charge on any atom is 0.242 e. The normalized spacial score (nSPS) is 19.8. The molecule has 0 spiro atoms. The Labute approximate surface area is 103 Å². The molecule has 5 heteroatoms. The number of rotatable bonds is 3. The SMILES string of the molecule is CCN1CC(=O)N(CC(N)C(C)(C)C)CC1=O. The highest BCUT2D eigenvalue weighted by Crippen LogP contribution is 2.19. The molecule has 1 saturated heterocycles. The predicted octanol–water partition coefficient (Wildman–Crippen LogP) is 0.0505. The van der Waals surface area contributed by atoms with Crippen LogP contribution in [0.15, 0.2) is 0 Å². The molecule has 2 amide bonds. The highest BCUT2D eigenvalue weighted by atomic mass is 16.2. The summed E-state index contributed by atoms with van der Waals surface area (Å²) in [7, 11) is 0. The minimum absolute atomic E-state index is 0.00760. The van der Waals surface area contributed by atoms with Gasteiger partial charge in [-0.05, 0) is 12.3 Å². The molecule has 17 heavy (non-hydrogen) atoms. The second kappa shape index (κ2) is 5.04. The van der Waals surface area contributed by atoms with Gasteiger partial charge in [0, 0.05) is 19.1 Å². The van der Waals surface area contributed by atoms with E-state index in [-0.39, 0.29) is 36.4 Å². The number of carbonyl (C=O) groups is 2. The fourth-order valence-electron chi connectivity index (χ4n) is 1.67. The van der Waals surface area contributed by atoms with Crippen molar-refractivity contribution in [2.45, 2.75) is 33.7 Å². The highest BCUT2D eigenvalue weighted by Gasteiger charge is 2.32. The summed E-state index contributed by atoms with van der Waals surface area (Å²) in [6, 6.07) is -0.118. The molecule has 1 fully saturated rings. The molecule has 1 rings (SSSR count). The van der Waals surface area contributed by atoms with E-state index < -0.39 is 0 Å². The standard InChI is InChI=1S/C12H23N3O2/c1-5-14-7-11(17)15(8-10(14)16)6-9(13)12(2,3)4/h9H,5-8,13H2,1-4H3. The summed E-state index contributed by atoms with van der Waals surface area (Å²) in [6.45, 7) is 9.37. The average molecular weight is 241 g/mol. The van der Waals surface area contributed by atoms with Gasteiger partial charge in [0.25, 0.3) is 0 Å².